The van der Waals surface area contributed by atoms with E-state index in [4.69, 9.17) is 0 Å². The highest BCUT2D eigenvalue weighted by Crippen LogP contribution is 2.23. The Morgan fingerprint density at radius 3 is 2.00 bits per heavy atom. The Morgan fingerprint density at radius 2 is 1.71 bits per heavy atom. The van der Waals surface area contributed by atoms with E-state index in [-0.39, 0.29) is 5.54 Å². The lowest BCUT2D eigenvalue weighted by Crippen LogP contribution is -2.57. The van der Waals surface area contributed by atoms with E-state index in [1.807, 2.05) is 0 Å². The molecule has 0 fully saturated rings. The molecule has 0 amide bonds. The minimum absolute atomic E-state index is 0.214. The topological polar surface area (TPSA) is 15.3 Å². The van der Waals surface area contributed by atoms with Crippen LogP contribution in [-0.4, -0.2) is 37.1 Å². The molecule has 0 radical (unpaired) electrons. The van der Waals surface area contributed by atoms with Crippen molar-refractivity contribution in [1.82, 2.24) is 10.2 Å². The van der Waals surface area contributed by atoms with Crippen LogP contribution in [0.5, 0.6) is 0 Å². The largest absolute Gasteiger partial charge is 0.312 e. The number of rotatable bonds is 6. The summed E-state index contributed by atoms with van der Waals surface area (Å²) in [4.78, 5) is 2.31. The van der Waals surface area contributed by atoms with E-state index in [0.29, 0.717) is 12.0 Å². The van der Waals surface area contributed by atoms with Crippen LogP contribution in [0.25, 0.3) is 0 Å². The van der Waals surface area contributed by atoms with Crippen molar-refractivity contribution in [2.24, 2.45) is 5.92 Å². The van der Waals surface area contributed by atoms with Crippen molar-refractivity contribution in [3.05, 3.63) is 0 Å². The van der Waals surface area contributed by atoms with Crippen molar-refractivity contribution >= 4 is 0 Å². The summed E-state index contributed by atoms with van der Waals surface area (Å²) in [7, 11) is 4.32. The molecule has 2 unspecified atom stereocenters. The summed E-state index contributed by atoms with van der Waals surface area (Å²) in [6.07, 6.45) is 1.23. The first-order valence-electron chi connectivity index (χ1n) is 5.78. The van der Waals surface area contributed by atoms with Crippen molar-refractivity contribution in [1.29, 1.82) is 0 Å². The van der Waals surface area contributed by atoms with Gasteiger partial charge in [-0.1, -0.05) is 27.2 Å². The molecule has 0 aromatic carbocycles. The predicted octanol–water partition coefficient (Wildman–Crippen LogP) is 2.35. The van der Waals surface area contributed by atoms with Gasteiger partial charge in [0.05, 0.1) is 0 Å². The number of nitrogens with zero attached hydrogens (tertiary/aromatic N) is 1. The zero-order valence-corrected chi connectivity index (χ0v) is 11.0. The summed E-state index contributed by atoms with van der Waals surface area (Å²) in [6, 6.07) is 0.562. The first kappa shape index (κ1) is 13.9. The van der Waals surface area contributed by atoms with Gasteiger partial charge in [0.1, 0.15) is 0 Å². The molecule has 0 aromatic rings. The van der Waals surface area contributed by atoms with Gasteiger partial charge in [-0.05, 0) is 40.4 Å². The molecule has 2 atom stereocenters. The summed E-state index contributed by atoms with van der Waals surface area (Å²) in [6.45, 7) is 12.5. The molecule has 0 rings (SSSR count). The lowest BCUT2D eigenvalue weighted by molar-refractivity contribution is 0.106. The second-order valence-electron chi connectivity index (χ2n) is 4.97. The van der Waals surface area contributed by atoms with Crippen LogP contribution in [0.15, 0.2) is 0 Å². The molecule has 0 spiro atoms. The zero-order valence-electron chi connectivity index (χ0n) is 11.0. The SMILES string of the molecule is CCNC(C(C)CC)C(C)(C)N(C)C. The first-order chi connectivity index (χ1) is 6.37. The molecule has 0 saturated heterocycles. The number of nitrogens with one attached hydrogen (secondary N) is 1. The Morgan fingerprint density at radius 1 is 1.21 bits per heavy atom. The molecule has 0 bridgehead atoms. The highest BCUT2D eigenvalue weighted by molar-refractivity contribution is 4.93. The summed E-state index contributed by atoms with van der Waals surface area (Å²) in [5, 5.41) is 3.61. The van der Waals surface area contributed by atoms with Gasteiger partial charge in [0.15, 0.2) is 0 Å². The third-order valence-electron chi connectivity index (χ3n) is 3.55. The van der Waals surface area contributed by atoms with Crippen molar-refractivity contribution in [2.75, 3.05) is 20.6 Å². The van der Waals surface area contributed by atoms with Gasteiger partial charge in [0.25, 0.3) is 0 Å². The molecule has 0 saturated carbocycles. The van der Waals surface area contributed by atoms with E-state index in [1.54, 1.807) is 0 Å². The molecule has 0 aliphatic rings. The Labute approximate surface area is 90.1 Å². The summed E-state index contributed by atoms with van der Waals surface area (Å²) in [5.74, 6) is 0.715. The standard InChI is InChI=1S/C12H28N2/c1-8-10(3)11(13-9-2)12(4,5)14(6)7/h10-11,13H,8-9H2,1-7H3. The maximum Gasteiger partial charge on any atom is 0.0302 e. The maximum absolute atomic E-state index is 3.61. The van der Waals surface area contributed by atoms with Gasteiger partial charge >= 0.3 is 0 Å². The fraction of sp³-hybridized carbons (Fsp3) is 1.00. The van der Waals surface area contributed by atoms with E-state index in [0.717, 1.165) is 6.54 Å². The Kier molecular flexibility index (Phi) is 5.68. The molecular weight excluding hydrogens is 172 g/mol. The van der Waals surface area contributed by atoms with Crippen LogP contribution in [0, 0.1) is 5.92 Å². The minimum Gasteiger partial charge on any atom is -0.312 e. The Bertz CT molecular complexity index is 152. The number of hydrogen-bond acceptors (Lipinski definition) is 2. The van der Waals surface area contributed by atoms with Crippen molar-refractivity contribution in [3.63, 3.8) is 0 Å². The van der Waals surface area contributed by atoms with Gasteiger partial charge in [-0.25, -0.2) is 0 Å². The zero-order chi connectivity index (χ0) is 11.4. The monoisotopic (exact) mass is 200 g/mol. The molecule has 0 aliphatic carbocycles. The van der Waals surface area contributed by atoms with Crippen LogP contribution >= 0.6 is 0 Å². The highest BCUT2D eigenvalue weighted by Gasteiger charge is 2.33. The molecule has 0 aromatic heterocycles. The van der Waals surface area contributed by atoms with Crippen LogP contribution < -0.4 is 5.32 Å². The quantitative estimate of drug-likeness (QED) is 0.708. The first-order valence-corrected chi connectivity index (χ1v) is 5.78. The van der Waals surface area contributed by atoms with Gasteiger partial charge in [-0.2, -0.15) is 0 Å². The number of hydrogen-bond donors (Lipinski definition) is 1. The van der Waals surface area contributed by atoms with Crippen LogP contribution in [0.2, 0.25) is 0 Å². The maximum atomic E-state index is 3.61. The lowest BCUT2D eigenvalue weighted by Gasteiger charge is -2.43. The average Bonchev–Trinajstić information content (AvgIpc) is 2.12. The average molecular weight is 200 g/mol. The predicted molar refractivity (Wildman–Crippen MR) is 64.7 cm³/mol. The molecule has 14 heavy (non-hydrogen) atoms. The van der Waals surface area contributed by atoms with E-state index < -0.39 is 0 Å². The van der Waals surface area contributed by atoms with Gasteiger partial charge in [0.2, 0.25) is 0 Å². The molecular formula is C12H28N2. The molecule has 2 heteroatoms. The normalized spacial score (nSPS) is 17.1. The fourth-order valence-corrected chi connectivity index (χ4v) is 1.88. The third kappa shape index (κ3) is 3.25. The van der Waals surface area contributed by atoms with E-state index in [1.165, 1.54) is 6.42 Å². The third-order valence-corrected chi connectivity index (χ3v) is 3.55. The molecule has 1 N–H and O–H groups in total. The van der Waals surface area contributed by atoms with Gasteiger partial charge in [0, 0.05) is 11.6 Å². The molecule has 2 nitrogen and oxygen atoms in total. The molecule has 0 aliphatic heterocycles. The second kappa shape index (κ2) is 5.72. The summed E-state index contributed by atoms with van der Waals surface area (Å²) < 4.78 is 0. The second-order valence-corrected chi connectivity index (χ2v) is 4.97. The minimum atomic E-state index is 0.214. The Balaban J connectivity index is 4.62. The number of likely N-dealkylation sites (N-methyl/N-ethyl adjacent to an activating group) is 2. The van der Waals surface area contributed by atoms with Crippen molar-refractivity contribution < 1.29 is 0 Å². The summed E-state index contributed by atoms with van der Waals surface area (Å²) in [5.41, 5.74) is 0.214. The van der Waals surface area contributed by atoms with Crippen molar-refractivity contribution in [2.45, 2.75) is 52.6 Å². The van der Waals surface area contributed by atoms with Crippen molar-refractivity contribution in [3.8, 4) is 0 Å². The lowest BCUT2D eigenvalue weighted by atomic mass is 9.83. The molecule has 86 valence electrons. The van der Waals surface area contributed by atoms with Crippen LogP contribution in [0.4, 0.5) is 0 Å². The van der Waals surface area contributed by atoms with Crippen LogP contribution in [-0.2, 0) is 0 Å². The van der Waals surface area contributed by atoms with E-state index in [2.05, 4.69) is 58.9 Å². The molecule has 0 heterocycles. The van der Waals surface area contributed by atoms with Gasteiger partial charge in [-0.15, -0.1) is 0 Å². The van der Waals surface area contributed by atoms with E-state index >= 15 is 0 Å². The smallest absolute Gasteiger partial charge is 0.0302 e. The van der Waals surface area contributed by atoms with Gasteiger partial charge in [-0.3, -0.25) is 0 Å². The van der Waals surface area contributed by atoms with Crippen LogP contribution in [0.3, 0.4) is 0 Å². The van der Waals surface area contributed by atoms with Crippen LogP contribution in [0.1, 0.15) is 41.0 Å². The van der Waals surface area contributed by atoms with E-state index in [9.17, 15) is 0 Å². The Hall–Kier alpha value is -0.0800. The fourth-order valence-electron chi connectivity index (χ4n) is 1.88. The summed E-state index contributed by atoms with van der Waals surface area (Å²) >= 11 is 0. The van der Waals surface area contributed by atoms with Gasteiger partial charge < -0.3 is 10.2 Å². The highest BCUT2D eigenvalue weighted by atomic mass is 15.2.